The first-order chi connectivity index (χ1) is 10.1. The van der Waals surface area contributed by atoms with Gasteiger partial charge in [-0.15, -0.1) is 11.8 Å². The minimum absolute atomic E-state index is 0.277. The molecule has 0 spiro atoms. The highest BCUT2D eigenvalue weighted by atomic mass is 35.5. The van der Waals surface area contributed by atoms with E-state index >= 15 is 0 Å². The topological polar surface area (TPSA) is 37.8 Å². The van der Waals surface area contributed by atoms with Crippen molar-refractivity contribution in [2.24, 2.45) is 0 Å². The van der Waals surface area contributed by atoms with E-state index in [1.165, 1.54) is 0 Å². The van der Waals surface area contributed by atoms with Gasteiger partial charge >= 0.3 is 0 Å². The van der Waals surface area contributed by atoms with Crippen LogP contribution in [0.15, 0.2) is 29.2 Å². The van der Waals surface area contributed by atoms with Crippen molar-refractivity contribution in [3.05, 3.63) is 46.6 Å². The molecule has 112 valence electrons. The van der Waals surface area contributed by atoms with Crippen LogP contribution in [-0.2, 0) is 5.75 Å². The quantitative estimate of drug-likeness (QED) is 0.782. The minimum Gasteiger partial charge on any atom is -0.368 e. The zero-order valence-electron chi connectivity index (χ0n) is 12.0. The number of hydrogen-bond acceptors (Lipinski definition) is 4. The average molecular weight is 326 g/mol. The summed E-state index contributed by atoms with van der Waals surface area (Å²) in [6.07, 6.45) is 0.909. The number of thioether (sulfide) groups is 1. The number of nitrogens with zero attached hydrogens (tertiary/aromatic N) is 2. The van der Waals surface area contributed by atoms with Gasteiger partial charge in [0.15, 0.2) is 11.6 Å². The van der Waals surface area contributed by atoms with Gasteiger partial charge in [0.05, 0.1) is 16.5 Å². The second-order valence-electron chi connectivity index (χ2n) is 4.53. The molecule has 6 heteroatoms. The van der Waals surface area contributed by atoms with Crippen molar-refractivity contribution in [3.8, 4) is 0 Å². The van der Waals surface area contributed by atoms with Crippen LogP contribution in [0, 0.1) is 12.7 Å². The lowest BCUT2D eigenvalue weighted by molar-refractivity contribution is 0.601. The summed E-state index contributed by atoms with van der Waals surface area (Å²) in [6, 6.07) is 7.60. The molecule has 0 saturated carbocycles. The maximum Gasteiger partial charge on any atom is 0.186 e. The van der Waals surface area contributed by atoms with Crippen LogP contribution >= 0.6 is 23.4 Å². The normalized spacial score (nSPS) is 10.7. The van der Waals surface area contributed by atoms with Crippen LogP contribution in [0.4, 0.5) is 10.2 Å². The molecule has 0 amide bonds. The fourth-order valence-corrected chi connectivity index (χ4v) is 2.84. The van der Waals surface area contributed by atoms with Crippen molar-refractivity contribution >= 4 is 29.2 Å². The SMILES string of the molecule is CCCNc1nc(CSc2ccccc2Cl)nc(C)c1F. The van der Waals surface area contributed by atoms with Gasteiger partial charge in [-0.05, 0) is 25.5 Å². The van der Waals surface area contributed by atoms with Gasteiger partial charge in [-0.25, -0.2) is 14.4 Å². The molecule has 3 nitrogen and oxygen atoms in total. The molecular weight excluding hydrogens is 309 g/mol. The van der Waals surface area contributed by atoms with Gasteiger partial charge in [-0.3, -0.25) is 0 Å². The van der Waals surface area contributed by atoms with Gasteiger partial charge < -0.3 is 5.32 Å². The molecule has 0 saturated heterocycles. The van der Waals surface area contributed by atoms with Crippen molar-refractivity contribution in [2.75, 3.05) is 11.9 Å². The third-order valence-electron chi connectivity index (χ3n) is 2.80. The fourth-order valence-electron chi connectivity index (χ4n) is 1.75. The molecule has 0 aliphatic heterocycles. The molecule has 0 unspecified atom stereocenters. The lowest BCUT2D eigenvalue weighted by atomic mass is 10.3. The first-order valence-corrected chi connectivity index (χ1v) is 8.12. The summed E-state index contributed by atoms with van der Waals surface area (Å²) in [5, 5.41) is 3.69. The van der Waals surface area contributed by atoms with Crippen LogP contribution in [0.2, 0.25) is 5.02 Å². The number of benzene rings is 1. The summed E-state index contributed by atoms with van der Waals surface area (Å²) in [4.78, 5) is 9.42. The maximum absolute atomic E-state index is 13.9. The Morgan fingerprint density at radius 3 is 2.76 bits per heavy atom. The highest BCUT2D eigenvalue weighted by Crippen LogP contribution is 2.29. The van der Waals surface area contributed by atoms with Crippen LogP contribution in [0.25, 0.3) is 0 Å². The minimum atomic E-state index is -0.380. The number of aryl methyl sites for hydroxylation is 1. The molecule has 0 fully saturated rings. The highest BCUT2D eigenvalue weighted by Gasteiger charge is 2.11. The summed E-state index contributed by atoms with van der Waals surface area (Å²) in [5.74, 6) is 1.04. The summed E-state index contributed by atoms with van der Waals surface area (Å²) in [6.45, 7) is 4.36. The number of aromatic nitrogens is 2. The van der Waals surface area contributed by atoms with E-state index in [0.29, 0.717) is 28.8 Å². The lowest BCUT2D eigenvalue weighted by Crippen LogP contribution is -2.09. The number of halogens is 2. The van der Waals surface area contributed by atoms with Gasteiger partial charge in [0.2, 0.25) is 0 Å². The zero-order valence-corrected chi connectivity index (χ0v) is 13.6. The molecule has 2 rings (SSSR count). The van der Waals surface area contributed by atoms with Crippen LogP contribution in [0.5, 0.6) is 0 Å². The second kappa shape index (κ2) is 7.61. The van der Waals surface area contributed by atoms with Gasteiger partial charge in [0, 0.05) is 11.4 Å². The van der Waals surface area contributed by atoms with Crippen molar-refractivity contribution in [1.82, 2.24) is 9.97 Å². The van der Waals surface area contributed by atoms with Crippen LogP contribution < -0.4 is 5.32 Å². The van der Waals surface area contributed by atoms with Gasteiger partial charge in [-0.1, -0.05) is 30.7 Å². The zero-order chi connectivity index (χ0) is 15.2. The predicted octanol–water partition coefficient (Wildman–Crippen LogP) is 4.69. The Hall–Kier alpha value is -1.33. The Kier molecular flexibility index (Phi) is 5.82. The largest absolute Gasteiger partial charge is 0.368 e. The van der Waals surface area contributed by atoms with Gasteiger partial charge in [0.1, 0.15) is 5.82 Å². The predicted molar refractivity (Wildman–Crippen MR) is 86.5 cm³/mol. The fraction of sp³-hybridized carbons (Fsp3) is 0.333. The van der Waals surface area contributed by atoms with Gasteiger partial charge in [0.25, 0.3) is 0 Å². The number of anilines is 1. The van der Waals surface area contributed by atoms with E-state index in [1.807, 2.05) is 31.2 Å². The summed E-state index contributed by atoms with van der Waals surface area (Å²) in [5.41, 5.74) is 0.360. The molecule has 1 heterocycles. The monoisotopic (exact) mass is 325 g/mol. The Bertz CT molecular complexity index is 622. The maximum atomic E-state index is 13.9. The van der Waals surface area contributed by atoms with Crippen LogP contribution in [0.3, 0.4) is 0 Å². The standard InChI is InChI=1S/C15H17ClFN3S/c1-3-8-18-15-14(17)10(2)19-13(20-15)9-21-12-7-5-4-6-11(12)16/h4-7H,3,8-9H2,1-2H3,(H,18,19,20). The van der Waals surface area contributed by atoms with Gasteiger partial charge in [-0.2, -0.15) is 0 Å². The van der Waals surface area contributed by atoms with E-state index in [0.717, 1.165) is 11.3 Å². The third-order valence-corrected chi connectivity index (χ3v) is 4.31. The molecule has 1 aromatic heterocycles. The molecule has 1 N–H and O–H groups in total. The molecule has 21 heavy (non-hydrogen) atoms. The number of rotatable bonds is 6. The second-order valence-corrected chi connectivity index (χ2v) is 5.96. The molecule has 0 aliphatic rings. The van der Waals surface area contributed by atoms with E-state index in [-0.39, 0.29) is 11.6 Å². The molecule has 1 aromatic carbocycles. The number of nitrogens with one attached hydrogen (secondary N) is 1. The number of hydrogen-bond donors (Lipinski definition) is 1. The van der Waals surface area contributed by atoms with E-state index < -0.39 is 0 Å². The first-order valence-electron chi connectivity index (χ1n) is 6.76. The molecule has 2 aromatic rings. The van der Waals surface area contributed by atoms with E-state index in [1.54, 1.807) is 18.7 Å². The van der Waals surface area contributed by atoms with Crippen LogP contribution in [0.1, 0.15) is 24.9 Å². The summed E-state index contributed by atoms with van der Waals surface area (Å²) in [7, 11) is 0. The van der Waals surface area contributed by atoms with E-state index in [9.17, 15) is 4.39 Å². The Morgan fingerprint density at radius 2 is 2.05 bits per heavy atom. The molecule has 0 aliphatic carbocycles. The Morgan fingerprint density at radius 1 is 1.29 bits per heavy atom. The smallest absolute Gasteiger partial charge is 0.186 e. The Labute approximate surface area is 133 Å². The average Bonchev–Trinajstić information content (AvgIpc) is 2.48. The van der Waals surface area contributed by atoms with Crippen molar-refractivity contribution in [3.63, 3.8) is 0 Å². The van der Waals surface area contributed by atoms with E-state index in [4.69, 9.17) is 11.6 Å². The van der Waals surface area contributed by atoms with E-state index in [2.05, 4.69) is 15.3 Å². The van der Waals surface area contributed by atoms with Crippen LogP contribution in [-0.4, -0.2) is 16.5 Å². The van der Waals surface area contributed by atoms with Crippen molar-refractivity contribution < 1.29 is 4.39 Å². The molecule has 0 radical (unpaired) electrons. The molecular formula is C15H17ClFN3S. The molecule has 0 atom stereocenters. The molecule has 0 bridgehead atoms. The lowest BCUT2D eigenvalue weighted by Gasteiger charge is -2.09. The highest BCUT2D eigenvalue weighted by molar-refractivity contribution is 7.98. The summed E-state index contributed by atoms with van der Waals surface area (Å²) >= 11 is 7.65. The third kappa shape index (κ3) is 4.32. The summed E-state index contributed by atoms with van der Waals surface area (Å²) < 4.78 is 13.9. The first kappa shape index (κ1) is 16.0. The Balaban J connectivity index is 2.13. The van der Waals surface area contributed by atoms with Crippen molar-refractivity contribution in [2.45, 2.75) is 30.9 Å². The van der Waals surface area contributed by atoms with Crippen molar-refractivity contribution in [1.29, 1.82) is 0 Å².